The molecule has 2 saturated heterocycles. The molecule has 0 radical (unpaired) electrons. The van der Waals surface area contributed by atoms with E-state index in [0.717, 1.165) is 31.7 Å². The van der Waals surface area contributed by atoms with Crippen LogP contribution in [-0.4, -0.2) is 42.0 Å². The Hall–Kier alpha value is -1.82. The van der Waals surface area contributed by atoms with Crippen LogP contribution in [0, 0.1) is 11.8 Å². The van der Waals surface area contributed by atoms with Crippen LogP contribution in [0.5, 0.6) is 5.75 Å². The van der Waals surface area contributed by atoms with E-state index in [1.165, 1.54) is 0 Å². The first-order valence-corrected chi connectivity index (χ1v) is 8.41. The molecule has 3 heterocycles. The Kier molecular flexibility index (Phi) is 7.26. The molecule has 140 valence electrons. The third-order valence-corrected chi connectivity index (χ3v) is 4.89. The van der Waals surface area contributed by atoms with Gasteiger partial charge in [-0.1, -0.05) is 12.1 Å². The molecule has 2 aromatic rings. The van der Waals surface area contributed by atoms with E-state index >= 15 is 0 Å². The maximum absolute atomic E-state index is 12.7. The van der Waals surface area contributed by atoms with E-state index in [0.29, 0.717) is 29.8 Å². The van der Waals surface area contributed by atoms with E-state index in [1.807, 2.05) is 41.3 Å². The number of hydrogen-bond donors (Lipinski definition) is 1. The fourth-order valence-electron chi connectivity index (χ4n) is 3.57. The van der Waals surface area contributed by atoms with Crippen LogP contribution >= 0.6 is 24.8 Å². The van der Waals surface area contributed by atoms with Crippen molar-refractivity contribution in [1.82, 2.24) is 15.2 Å². The minimum absolute atomic E-state index is 0. The van der Waals surface area contributed by atoms with Gasteiger partial charge in [0.15, 0.2) is 0 Å². The molecule has 0 saturated carbocycles. The Morgan fingerprint density at radius 2 is 1.92 bits per heavy atom. The van der Waals surface area contributed by atoms with Crippen molar-refractivity contribution in [3.05, 3.63) is 59.9 Å². The van der Waals surface area contributed by atoms with Gasteiger partial charge in [-0.15, -0.1) is 24.8 Å². The fourth-order valence-corrected chi connectivity index (χ4v) is 3.57. The lowest BCUT2D eigenvalue weighted by molar-refractivity contribution is 0.0781. The zero-order valence-corrected chi connectivity index (χ0v) is 16.0. The molecule has 0 bridgehead atoms. The molecular weight excluding hydrogens is 373 g/mol. The van der Waals surface area contributed by atoms with E-state index in [9.17, 15) is 4.79 Å². The Balaban J connectivity index is 0.00000121. The molecule has 2 fully saturated rings. The zero-order valence-electron chi connectivity index (χ0n) is 14.3. The quantitative estimate of drug-likeness (QED) is 0.864. The van der Waals surface area contributed by atoms with Crippen molar-refractivity contribution < 1.29 is 9.53 Å². The SMILES string of the molecule is Cl.Cl.O=C(c1cccc(OCc2cccnc2)c1)N1C[C@H]2CNC[C@H]2C1. The van der Waals surface area contributed by atoms with Gasteiger partial charge in [0.2, 0.25) is 0 Å². The van der Waals surface area contributed by atoms with E-state index in [4.69, 9.17) is 4.74 Å². The van der Waals surface area contributed by atoms with Crippen molar-refractivity contribution in [3.8, 4) is 5.75 Å². The van der Waals surface area contributed by atoms with Crippen molar-refractivity contribution in [1.29, 1.82) is 0 Å². The smallest absolute Gasteiger partial charge is 0.254 e. The van der Waals surface area contributed by atoms with Crippen LogP contribution in [0.25, 0.3) is 0 Å². The third kappa shape index (κ3) is 4.47. The molecule has 0 unspecified atom stereocenters. The monoisotopic (exact) mass is 395 g/mol. The molecule has 4 rings (SSSR count). The second-order valence-corrected chi connectivity index (χ2v) is 6.57. The molecule has 1 aromatic carbocycles. The zero-order chi connectivity index (χ0) is 16.4. The van der Waals surface area contributed by atoms with Gasteiger partial charge in [-0.05, 0) is 36.1 Å². The van der Waals surface area contributed by atoms with Crippen LogP contribution in [0.4, 0.5) is 0 Å². The summed E-state index contributed by atoms with van der Waals surface area (Å²) < 4.78 is 5.80. The highest BCUT2D eigenvalue weighted by Gasteiger charge is 2.38. The second-order valence-electron chi connectivity index (χ2n) is 6.57. The number of nitrogens with one attached hydrogen (secondary N) is 1. The largest absolute Gasteiger partial charge is 0.489 e. The Bertz CT molecular complexity index is 718. The van der Waals surface area contributed by atoms with Crippen LogP contribution in [0.2, 0.25) is 0 Å². The molecule has 1 amide bonds. The predicted molar refractivity (Wildman–Crippen MR) is 105 cm³/mol. The minimum atomic E-state index is 0. The molecule has 2 atom stereocenters. The number of aromatic nitrogens is 1. The third-order valence-electron chi connectivity index (χ3n) is 4.89. The van der Waals surface area contributed by atoms with E-state index in [2.05, 4.69) is 10.3 Å². The number of benzene rings is 1. The number of hydrogen-bond acceptors (Lipinski definition) is 4. The van der Waals surface area contributed by atoms with Gasteiger partial charge in [0, 0.05) is 49.7 Å². The number of fused-ring (bicyclic) bond motifs is 1. The number of halogens is 2. The van der Waals surface area contributed by atoms with Crippen molar-refractivity contribution >= 4 is 30.7 Å². The molecule has 2 aliphatic rings. The van der Waals surface area contributed by atoms with Gasteiger partial charge in [-0.2, -0.15) is 0 Å². The minimum Gasteiger partial charge on any atom is -0.489 e. The highest BCUT2D eigenvalue weighted by molar-refractivity contribution is 5.94. The summed E-state index contributed by atoms with van der Waals surface area (Å²) in [5, 5.41) is 3.40. The normalized spacial score (nSPS) is 20.7. The van der Waals surface area contributed by atoms with E-state index < -0.39 is 0 Å². The number of rotatable bonds is 4. The Labute approximate surface area is 166 Å². The molecule has 0 spiro atoms. The number of pyridine rings is 1. The number of ether oxygens (including phenoxy) is 1. The summed E-state index contributed by atoms with van der Waals surface area (Å²) in [6.07, 6.45) is 3.52. The molecular formula is C19H23Cl2N3O2. The van der Waals surface area contributed by atoms with Crippen LogP contribution in [0.15, 0.2) is 48.8 Å². The van der Waals surface area contributed by atoms with Gasteiger partial charge >= 0.3 is 0 Å². The number of carbonyl (C=O) groups is 1. The van der Waals surface area contributed by atoms with Crippen LogP contribution in [0.1, 0.15) is 15.9 Å². The summed E-state index contributed by atoms with van der Waals surface area (Å²) >= 11 is 0. The van der Waals surface area contributed by atoms with Crippen molar-refractivity contribution in [2.45, 2.75) is 6.61 Å². The first-order chi connectivity index (χ1) is 11.8. The summed E-state index contributed by atoms with van der Waals surface area (Å²) in [6.45, 7) is 4.23. The van der Waals surface area contributed by atoms with Gasteiger partial charge in [0.1, 0.15) is 12.4 Å². The first kappa shape index (κ1) is 20.5. The fraction of sp³-hybridized carbons (Fsp3) is 0.368. The molecule has 0 aliphatic carbocycles. The Morgan fingerprint density at radius 3 is 2.62 bits per heavy atom. The topological polar surface area (TPSA) is 54.5 Å². The maximum Gasteiger partial charge on any atom is 0.254 e. The summed E-state index contributed by atoms with van der Waals surface area (Å²) in [5.41, 5.74) is 1.71. The van der Waals surface area contributed by atoms with Gasteiger partial charge in [-0.25, -0.2) is 0 Å². The lowest BCUT2D eigenvalue weighted by Crippen LogP contribution is -2.31. The number of amides is 1. The maximum atomic E-state index is 12.7. The van der Waals surface area contributed by atoms with E-state index in [-0.39, 0.29) is 30.7 Å². The predicted octanol–water partition coefficient (Wildman–Crippen LogP) is 2.80. The summed E-state index contributed by atoms with van der Waals surface area (Å²) in [7, 11) is 0. The highest BCUT2D eigenvalue weighted by atomic mass is 35.5. The van der Waals surface area contributed by atoms with Crippen LogP contribution < -0.4 is 10.1 Å². The van der Waals surface area contributed by atoms with Crippen molar-refractivity contribution in [2.75, 3.05) is 26.2 Å². The molecule has 1 aromatic heterocycles. The Morgan fingerprint density at radius 1 is 1.15 bits per heavy atom. The van der Waals surface area contributed by atoms with E-state index in [1.54, 1.807) is 12.4 Å². The first-order valence-electron chi connectivity index (χ1n) is 8.41. The summed E-state index contributed by atoms with van der Waals surface area (Å²) in [4.78, 5) is 18.8. The van der Waals surface area contributed by atoms with Gasteiger partial charge in [0.25, 0.3) is 5.91 Å². The summed E-state index contributed by atoms with van der Waals surface area (Å²) in [6, 6.07) is 11.3. The number of likely N-dealkylation sites (tertiary alicyclic amines) is 1. The highest BCUT2D eigenvalue weighted by Crippen LogP contribution is 2.28. The lowest BCUT2D eigenvalue weighted by Gasteiger charge is -2.18. The average molecular weight is 396 g/mol. The lowest BCUT2D eigenvalue weighted by atomic mass is 10.0. The average Bonchev–Trinajstić information content (AvgIpc) is 3.22. The van der Waals surface area contributed by atoms with Crippen molar-refractivity contribution in [3.63, 3.8) is 0 Å². The molecule has 26 heavy (non-hydrogen) atoms. The number of nitrogens with zero attached hydrogens (tertiary/aromatic N) is 2. The standard InChI is InChI=1S/C19H21N3O2.2ClH/c23-19(22-11-16-9-21-10-17(16)12-22)15-4-1-5-18(7-15)24-13-14-3-2-6-20-8-14;;/h1-8,16-17,21H,9-13H2;2*1H/t16-,17+;;. The van der Waals surface area contributed by atoms with Gasteiger partial charge in [-0.3, -0.25) is 9.78 Å². The van der Waals surface area contributed by atoms with Crippen LogP contribution in [0.3, 0.4) is 0 Å². The molecule has 1 N–H and O–H groups in total. The number of carbonyl (C=O) groups excluding carboxylic acids is 1. The second kappa shape index (κ2) is 9.21. The molecule has 5 nitrogen and oxygen atoms in total. The summed E-state index contributed by atoms with van der Waals surface area (Å²) in [5.74, 6) is 2.04. The van der Waals surface area contributed by atoms with Crippen molar-refractivity contribution in [2.24, 2.45) is 11.8 Å². The van der Waals surface area contributed by atoms with Gasteiger partial charge in [0.05, 0.1) is 0 Å². The van der Waals surface area contributed by atoms with Crippen LogP contribution in [-0.2, 0) is 6.61 Å². The molecule has 7 heteroatoms. The van der Waals surface area contributed by atoms with Gasteiger partial charge < -0.3 is 15.0 Å². The molecule has 2 aliphatic heterocycles.